The maximum Gasteiger partial charge on any atom is 0.0865 e. The van der Waals surface area contributed by atoms with E-state index in [0.29, 0.717) is 6.54 Å². The molecular weight excluding hydrogens is 286 g/mol. The van der Waals surface area contributed by atoms with Gasteiger partial charge in [0, 0.05) is 24.5 Å². The summed E-state index contributed by atoms with van der Waals surface area (Å²) in [5.74, 6) is 0. The van der Waals surface area contributed by atoms with Crippen LogP contribution in [0.3, 0.4) is 0 Å². The fraction of sp³-hybridized carbons (Fsp3) is 0.562. The first-order valence-corrected chi connectivity index (χ1v) is 8.06. The van der Waals surface area contributed by atoms with Crippen molar-refractivity contribution in [3.05, 3.63) is 39.9 Å². The molecule has 0 aliphatic heterocycles. The Bertz CT molecular complexity index is 644. The summed E-state index contributed by atoms with van der Waals surface area (Å²) >= 11 is 6.38. The van der Waals surface area contributed by atoms with Gasteiger partial charge in [0.1, 0.15) is 0 Å². The summed E-state index contributed by atoms with van der Waals surface area (Å²) in [6.45, 7) is 5.52. The minimum absolute atomic E-state index is 0.322. The van der Waals surface area contributed by atoms with Crippen LogP contribution >= 0.6 is 11.6 Å². The van der Waals surface area contributed by atoms with Crippen LogP contribution in [0.25, 0.3) is 0 Å². The van der Waals surface area contributed by atoms with Crippen LogP contribution in [0.4, 0.5) is 0 Å². The van der Waals surface area contributed by atoms with Crippen LogP contribution in [0.15, 0.2) is 12.4 Å². The molecule has 21 heavy (non-hydrogen) atoms. The average molecular weight is 308 g/mol. The SMILES string of the molecule is CCn1nc(C)c(Cl)c1Cn1cc2c(c1)C(O)CCCC2. The molecule has 0 saturated heterocycles. The molecule has 4 nitrogen and oxygen atoms in total. The predicted molar refractivity (Wildman–Crippen MR) is 83.7 cm³/mol. The van der Waals surface area contributed by atoms with E-state index in [1.165, 1.54) is 5.56 Å². The van der Waals surface area contributed by atoms with Crippen LogP contribution in [0.2, 0.25) is 5.02 Å². The highest BCUT2D eigenvalue weighted by Gasteiger charge is 2.19. The van der Waals surface area contributed by atoms with E-state index in [0.717, 1.165) is 54.2 Å². The van der Waals surface area contributed by atoms with Crippen LogP contribution in [0.5, 0.6) is 0 Å². The summed E-state index contributed by atoms with van der Waals surface area (Å²) in [4.78, 5) is 0. The second-order valence-corrected chi connectivity index (χ2v) is 6.21. The topological polar surface area (TPSA) is 43.0 Å². The van der Waals surface area contributed by atoms with E-state index >= 15 is 0 Å². The van der Waals surface area contributed by atoms with Gasteiger partial charge in [-0.15, -0.1) is 0 Å². The van der Waals surface area contributed by atoms with Gasteiger partial charge in [-0.25, -0.2) is 0 Å². The van der Waals surface area contributed by atoms with Crippen molar-refractivity contribution in [2.45, 2.75) is 58.7 Å². The number of aromatic nitrogens is 3. The Morgan fingerprint density at radius 2 is 2.19 bits per heavy atom. The van der Waals surface area contributed by atoms with E-state index in [2.05, 4.69) is 29.0 Å². The Labute approximate surface area is 130 Å². The summed E-state index contributed by atoms with van der Waals surface area (Å²) < 4.78 is 4.09. The molecule has 0 amide bonds. The smallest absolute Gasteiger partial charge is 0.0865 e. The lowest BCUT2D eigenvalue weighted by atomic mass is 10.1. The molecule has 1 N–H and O–H groups in total. The minimum atomic E-state index is -0.322. The standard InChI is InChI=1S/C16H22ClN3O/c1-3-20-14(16(17)11(2)18-20)10-19-8-12-6-4-5-7-15(21)13(12)9-19/h8-9,15,21H,3-7,10H2,1-2H3. The van der Waals surface area contributed by atoms with Gasteiger partial charge in [0.2, 0.25) is 0 Å². The molecule has 114 valence electrons. The van der Waals surface area contributed by atoms with Crippen molar-refractivity contribution in [2.24, 2.45) is 0 Å². The molecule has 2 heterocycles. The molecule has 0 radical (unpaired) electrons. The molecule has 2 aromatic rings. The number of halogens is 1. The number of fused-ring (bicyclic) bond motifs is 1. The highest BCUT2D eigenvalue weighted by atomic mass is 35.5. The summed E-state index contributed by atoms with van der Waals surface area (Å²) in [6.07, 6.45) is 8.08. The molecule has 0 spiro atoms. The van der Waals surface area contributed by atoms with E-state index in [1.54, 1.807) is 0 Å². The fourth-order valence-corrected chi connectivity index (χ4v) is 3.37. The average Bonchev–Trinajstić information content (AvgIpc) is 2.94. The maximum atomic E-state index is 10.2. The highest BCUT2D eigenvalue weighted by Crippen LogP contribution is 2.30. The van der Waals surface area contributed by atoms with Crippen molar-refractivity contribution in [1.82, 2.24) is 14.3 Å². The summed E-state index contributed by atoms with van der Waals surface area (Å²) in [6, 6.07) is 0. The third kappa shape index (κ3) is 2.74. The van der Waals surface area contributed by atoms with Crippen molar-refractivity contribution in [1.29, 1.82) is 0 Å². The molecule has 3 rings (SSSR count). The zero-order valence-electron chi connectivity index (χ0n) is 12.6. The van der Waals surface area contributed by atoms with Crippen LogP contribution in [0, 0.1) is 6.92 Å². The number of rotatable bonds is 3. The third-order valence-electron chi connectivity index (χ3n) is 4.32. The van der Waals surface area contributed by atoms with Crippen molar-refractivity contribution >= 4 is 11.6 Å². The van der Waals surface area contributed by atoms with Gasteiger partial charge in [0.05, 0.1) is 29.1 Å². The summed E-state index contributed by atoms with van der Waals surface area (Å²) in [5.41, 5.74) is 4.27. The Hall–Kier alpha value is -1.26. The van der Waals surface area contributed by atoms with Gasteiger partial charge in [-0.1, -0.05) is 18.0 Å². The van der Waals surface area contributed by atoms with Crippen molar-refractivity contribution in [3.8, 4) is 0 Å². The predicted octanol–water partition coefficient (Wildman–Crippen LogP) is 3.47. The first-order chi connectivity index (χ1) is 10.1. The molecule has 0 saturated carbocycles. The molecule has 1 unspecified atom stereocenters. The van der Waals surface area contributed by atoms with Gasteiger partial charge in [-0.3, -0.25) is 4.68 Å². The molecule has 0 aromatic carbocycles. The van der Waals surface area contributed by atoms with Gasteiger partial charge >= 0.3 is 0 Å². The van der Waals surface area contributed by atoms with Crippen LogP contribution < -0.4 is 0 Å². The fourth-order valence-electron chi connectivity index (χ4n) is 3.18. The molecule has 1 atom stereocenters. The minimum Gasteiger partial charge on any atom is -0.388 e. The van der Waals surface area contributed by atoms with E-state index < -0.39 is 0 Å². The molecule has 0 fully saturated rings. The Morgan fingerprint density at radius 3 is 2.95 bits per heavy atom. The lowest BCUT2D eigenvalue weighted by Crippen LogP contribution is -2.07. The van der Waals surface area contributed by atoms with E-state index in [4.69, 9.17) is 11.6 Å². The number of hydrogen-bond acceptors (Lipinski definition) is 2. The van der Waals surface area contributed by atoms with Crippen molar-refractivity contribution < 1.29 is 5.11 Å². The number of aliphatic hydroxyl groups is 1. The lowest BCUT2D eigenvalue weighted by molar-refractivity contribution is 0.166. The monoisotopic (exact) mass is 307 g/mol. The molecule has 1 aliphatic rings. The van der Waals surface area contributed by atoms with Gasteiger partial charge in [0.25, 0.3) is 0 Å². The second kappa shape index (κ2) is 5.85. The maximum absolute atomic E-state index is 10.2. The lowest BCUT2D eigenvalue weighted by Gasteiger charge is -2.08. The first-order valence-electron chi connectivity index (χ1n) is 7.68. The summed E-state index contributed by atoms with van der Waals surface area (Å²) in [5, 5.41) is 15.4. The Balaban J connectivity index is 1.91. The largest absolute Gasteiger partial charge is 0.388 e. The zero-order chi connectivity index (χ0) is 15.0. The van der Waals surface area contributed by atoms with Crippen molar-refractivity contribution in [3.63, 3.8) is 0 Å². The Kier molecular flexibility index (Phi) is 4.09. The van der Waals surface area contributed by atoms with Gasteiger partial charge in [-0.05, 0) is 38.7 Å². The van der Waals surface area contributed by atoms with Crippen LogP contribution in [0.1, 0.15) is 54.8 Å². The van der Waals surface area contributed by atoms with E-state index in [9.17, 15) is 5.11 Å². The highest BCUT2D eigenvalue weighted by molar-refractivity contribution is 6.31. The number of hydrogen-bond donors (Lipinski definition) is 1. The number of aryl methyl sites for hydroxylation is 3. The van der Waals surface area contributed by atoms with Gasteiger partial charge in [0.15, 0.2) is 0 Å². The molecule has 1 aliphatic carbocycles. The normalized spacial score (nSPS) is 18.6. The summed E-state index contributed by atoms with van der Waals surface area (Å²) in [7, 11) is 0. The Morgan fingerprint density at radius 1 is 1.38 bits per heavy atom. The molecule has 0 bridgehead atoms. The van der Waals surface area contributed by atoms with Crippen molar-refractivity contribution in [2.75, 3.05) is 0 Å². The second-order valence-electron chi connectivity index (χ2n) is 5.83. The molecule has 5 heteroatoms. The van der Waals surface area contributed by atoms with E-state index in [1.807, 2.05) is 11.6 Å². The van der Waals surface area contributed by atoms with E-state index in [-0.39, 0.29) is 6.10 Å². The molecule has 2 aromatic heterocycles. The van der Waals surface area contributed by atoms with Gasteiger partial charge < -0.3 is 9.67 Å². The van der Waals surface area contributed by atoms with Crippen LogP contribution in [-0.4, -0.2) is 19.5 Å². The molecular formula is C16H22ClN3O. The third-order valence-corrected chi connectivity index (χ3v) is 4.81. The number of nitrogens with zero attached hydrogens (tertiary/aromatic N) is 3. The number of aliphatic hydroxyl groups excluding tert-OH is 1. The van der Waals surface area contributed by atoms with Gasteiger partial charge in [-0.2, -0.15) is 5.10 Å². The zero-order valence-corrected chi connectivity index (χ0v) is 13.4. The van der Waals surface area contributed by atoms with Crippen LogP contribution in [-0.2, 0) is 19.5 Å². The quantitative estimate of drug-likeness (QED) is 0.882. The first kappa shape index (κ1) is 14.7.